The van der Waals surface area contributed by atoms with Gasteiger partial charge >= 0.3 is 0 Å². The van der Waals surface area contributed by atoms with Crippen LogP contribution in [0.4, 0.5) is 0 Å². The highest BCUT2D eigenvalue weighted by Crippen LogP contribution is 2.57. The molecule has 0 aromatic heterocycles. The summed E-state index contributed by atoms with van der Waals surface area (Å²) in [7, 11) is 6.74. The summed E-state index contributed by atoms with van der Waals surface area (Å²) in [5.41, 5.74) is 19.8. The summed E-state index contributed by atoms with van der Waals surface area (Å²) >= 11 is 0. The van der Waals surface area contributed by atoms with Gasteiger partial charge in [0.2, 0.25) is 27.2 Å². The van der Waals surface area contributed by atoms with Gasteiger partial charge in [0.1, 0.15) is 69.0 Å². The minimum atomic E-state index is -0.490. The Bertz CT molecular complexity index is 4160. The molecular formula is C84H64O12. The van der Waals surface area contributed by atoms with E-state index < -0.39 is 23.7 Å². The van der Waals surface area contributed by atoms with Gasteiger partial charge in [0.15, 0.2) is 0 Å². The van der Waals surface area contributed by atoms with Gasteiger partial charge in [-0.1, -0.05) is 146 Å². The average Bonchev–Trinajstić information content (AvgIpc) is 0.733. The standard InChI is InChI=1S/C84H64O12/c1-85-61-29-21-53(22-30-61)49-5-13-57(14-6-49)81-65-37-67-75-41-73(65)89-45-90-74-42-76-68(38-66(74)81)83(59-17-9-51(10-18-59)55-25-33-63(87-3)34-26-55)70-40-72-80(44-78(70)94-47-92-76)96-48-95-79-43-77(93-46-91-75)69(82(67)58-15-7-50(8-16-58)54-23-31-62(86-2)32-24-54)39-71(79)84(72)60-19-11-52(12-20-60)56-27-35-64(88-4)36-28-56/h5-44,81-84H,45-48H2,1-4H3. The van der Waals surface area contributed by atoms with Crippen molar-refractivity contribution in [3.63, 3.8) is 0 Å². The fourth-order valence-corrected chi connectivity index (χ4v) is 14.5. The second-order valence-corrected chi connectivity index (χ2v) is 24.5. The molecule has 0 atom stereocenters. The maximum atomic E-state index is 6.88. The number of hydrogen-bond acceptors (Lipinski definition) is 12. The molecule has 1 aliphatic carbocycles. The quantitative estimate of drug-likeness (QED) is 0.116. The van der Waals surface area contributed by atoms with E-state index in [-0.39, 0.29) is 27.2 Å². The summed E-state index contributed by atoms with van der Waals surface area (Å²) in [4.78, 5) is 0. The lowest BCUT2D eigenvalue weighted by atomic mass is 9.74. The Morgan fingerprint density at radius 1 is 0.198 bits per heavy atom. The molecular weight excluding hydrogens is 1200 g/mol. The fourth-order valence-electron chi connectivity index (χ4n) is 14.5. The maximum absolute atomic E-state index is 6.88. The predicted molar refractivity (Wildman–Crippen MR) is 368 cm³/mol. The van der Waals surface area contributed by atoms with Crippen molar-refractivity contribution >= 4 is 0 Å². The molecule has 0 spiro atoms. The van der Waals surface area contributed by atoms with Gasteiger partial charge in [0.25, 0.3) is 0 Å². The summed E-state index contributed by atoms with van der Waals surface area (Å²) in [6.45, 7) is -0.418. The monoisotopic (exact) mass is 1260 g/mol. The normalized spacial score (nSPS) is 16.6. The van der Waals surface area contributed by atoms with Gasteiger partial charge in [0, 0.05) is 92.4 Å². The van der Waals surface area contributed by atoms with Crippen LogP contribution in [0.15, 0.2) is 243 Å². The molecule has 472 valence electrons. The Morgan fingerprint density at radius 2 is 0.344 bits per heavy atom. The Balaban J connectivity index is 0.956. The molecule has 0 N–H and O–H groups in total. The third-order valence-electron chi connectivity index (χ3n) is 19.4. The molecule has 17 rings (SSSR count). The number of benzene rings is 12. The Hall–Kier alpha value is -11.8. The van der Waals surface area contributed by atoms with Crippen LogP contribution >= 0.6 is 0 Å². The van der Waals surface area contributed by atoms with E-state index in [1.165, 1.54) is 0 Å². The van der Waals surface area contributed by atoms with Gasteiger partial charge in [0.05, 0.1) is 28.4 Å². The van der Waals surface area contributed by atoms with Gasteiger partial charge in [-0.05, 0) is 140 Å². The van der Waals surface area contributed by atoms with Crippen LogP contribution in [-0.4, -0.2) is 55.6 Å². The third-order valence-corrected chi connectivity index (χ3v) is 19.4. The van der Waals surface area contributed by atoms with Crippen molar-refractivity contribution < 1.29 is 56.8 Å². The molecule has 12 aromatic rings. The highest BCUT2D eigenvalue weighted by atomic mass is 16.7. The minimum Gasteiger partial charge on any atom is -0.497 e. The van der Waals surface area contributed by atoms with Crippen molar-refractivity contribution in [2.75, 3.05) is 55.6 Å². The van der Waals surface area contributed by atoms with E-state index in [0.29, 0.717) is 46.0 Å². The van der Waals surface area contributed by atoms with Gasteiger partial charge in [-0.2, -0.15) is 0 Å². The van der Waals surface area contributed by atoms with E-state index in [1.807, 2.05) is 72.8 Å². The SMILES string of the molecule is COc1ccc(-c2ccc(C3c4cc5c6cc4OCOc4cc7c(cc43)C(c3ccc(-c4ccc(OC)cc4)cc3)c3cc4c(cc3OCO7)OCOc3cc(c(cc3C4c3ccc(-c4ccc(OC)cc4)cc3)C5c3ccc(-c4ccc(OC)cc4)cc3)OCO6)cc2)cc1. The average molecular weight is 1270 g/mol. The molecule has 8 bridgehead atoms. The minimum absolute atomic E-state index is 0.105. The molecule has 0 saturated heterocycles. The van der Waals surface area contributed by atoms with Crippen molar-refractivity contribution in [2.45, 2.75) is 23.7 Å². The molecule has 5 aliphatic rings. The summed E-state index contributed by atoms with van der Waals surface area (Å²) < 4.78 is 77.3. The zero-order chi connectivity index (χ0) is 64.4. The van der Waals surface area contributed by atoms with E-state index in [4.69, 9.17) is 56.8 Å². The molecule has 12 nitrogen and oxygen atoms in total. The highest BCUT2D eigenvalue weighted by Gasteiger charge is 2.39. The molecule has 4 aliphatic heterocycles. The second-order valence-electron chi connectivity index (χ2n) is 24.5. The Morgan fingerprint density at radius 3 is 0.490 bits per heavy atom. The van der Waals surface area contributed by atoms with Crippen LogP contribution < -0.4 is 56.8 Å². The van der Waals surface area contributed by atoms with Crippen molar-refractivity contribution in [1.82, 2.24) is 0 Å². The number of methoxy groups -OCH3 is 4. The van der Waals surface area contributed by atoms with Crippen LogP contribution in [0.2, 0.25) is 0 Å². The third kappa shape index (κ3) is 10.4. The first-order valence-corrected chi connectivity index (χ1v) is 32.0. The van der Waals surface area contributed by atoms with Crippen LogP contribution in [0.3, 0.4) is 0 Å². The van der Waals surface area contributed by atoms with Gasteiger partial charge in [-0.3, -0.25) is 0 Å². The zero-order valence-electron chi connectivity index (χ0n) is 53.1. The predicted octanol–water partition coefficient (Wildman–Crippen LogP) is 18.3. The van der Waals surface area contributed by atoms with Crippen LogP contribution in [0, 0.1) is 0 Å². The topological polar surface area (TPSA) is 111 Å². The summed E-state index contributed by atoms with van der Waals surface area (Å²) in [6, 6.07) is 85.2. The molecule has 0 amide bonds. The number of hydrogen-bond donors (Lipinski definition) is 0. The smallest absolute Gasteiger partial charge is 0.230 e. The van der Waals surface area contributed by atoms with Gasteiger partial charge in [-0.25, -0.2) is 0 Å². The molecule has 4 heterocycles. The van der Waals surface area contributed by atoms with Crippen molar-refractivity contribution in [3.05, 3.63) is 309 Å². The highest BCUT2D eigenvalue weighted by molar-refractivity contribution is 5.74. The summed E-state index contributed by atoms with van der Waals surface area (Å²) in [5, 5.41) is 0. The molecule has 96 heavy (non-hydrogen) atoms. The summed E-state index contributed by atoms with van der Waals surface area (Å²) in [6.07, 6.45) is 0. The Kier molecular flexibility index (Phi) is 14.7. The molecule has 0 fully saturated rings. The van der Waals surface area contributed by atoms with Crippen molar-refractivity contribution in [3.8, 4) is 114 Å². The van der Waals surface area contributed by atoms with Crippen LogP contribution in [-0.2, 0) is 0 Å². The second kappa shape index (κ2) is 24.3. The zero-order valence-corrected chi connectivity index (χ0v) is 53.1. The lowest BCUT2D eigenvalue weighted by Gasteiger charge is -2.35. The molecule has 12 heteroatoms. The first kappa shape index (κ1) is 58.1. The first-order valence-electron chi connectivity index (χ1n) is 32.0. The lowest BCUT2D eigenvalue weighted by molar-refractivity contribution is 0.0996. The fraction of sp³-hybridized carbons (Fsp3) is 0.143. The van der Waals surface area contributed by atoms with Gasteiger partial charge in [-0.15, -0.1) is 0 Å². The molecule has 0 unspecified atom stereocenters. The van der Waals surface area contributed by atoms with E-state index in [0.717, 1.165) is 134 Å². The molecule has 0 radical (unpaired) electrons. The van der Waals surface area contributed by atoms with Gasteiger partial charge < -0.3 is 56.8 Å². The summed E-state index contributed by atoms with van der Waals surface area (Å²) in [5.74, 6) is 6.04. The van der Waals surface area contributed by atoms with Crippen LogP contribution in [0.5, 0.6) is 69.0 Å². The van der Waals surface area contributed by atoms with Crippen molar-refractivity contribution in [1.29, 1.82) is 0 Å². The van der Waals surface area contributed by atoms with E-state index >= 15 is 0 Å². The maximum Gasteiger partial charge on any atom is 0.230 e. The lowest BCUT2D eigenvalue weighted by Crippen LogP contribution is -2.23. The van der Waals surface area contributed by atoms with Crippen LogP contribution in [0.1, 0.15) is 90.4 Å². The number of ether oxygens (including phenoxy) is 12. The molecule has 0 saturated carbocycles. The van der Waals surface area contributed by atoms with Crippen LogP contribution in [0.25, 0.3) is 44.5 Å². The Labute approximate surface area is 556 Å². The molecule has 12 aromatic carbocycles. The van der Waals surface area contributed by atoms with Crippen molar-refractivity contribution in [2.24, 2.45) is 0 Å². The van der Waals surface area contributed by atoms with E-state index in [9.17, 15) is 0 Å². The van der Waals surface area contributed by atoms with E-state index in [1.54, 1.807) is 28.4 Å². The number of rotatable bonds is 12. The largest absolute Gasteiger partial charge is 0.497 e. The van der Waals surface area contributed by atoms with E-state index in [2.05, 4.69) is 170 Å². The first-order chi connectivity index (χ1) is 47.3.